The molecular formula is C18H18N4O. The Morgan fingerprint density at radius 2 is 2.13 bits per heavy atom. The monoisotopic (exact) mass is 306 g/mol. The molecule has 2 aromatic rings. The van der Waals surface area contributed by atoms with Crippen molar-refractivity contribution in [2.24, 2.45) is 0 Å². The highest BCUT2D eigenvalue weighted by atomic mass is 16.1. The van der Waals surface area contributed by atoms with E-state index < -0.39 is 0 Å². The second-order valence-electron chi connectivity index (χ2n) is 5.77. The molecule has 0 radical (unpaired) electrons. The number of anilines is 1. The Bertz CT molecular complexity index is 846. The minimum atomic E-state index is -0.252. The third kappa shape index (κ3) is 2.76. The summed E-state index contributed by atoms with van der Waals surface area (Å²) in [6.45, 7) is 1.99. The molecule has 0 bridgehead atoms. The molecule has 0 saturated heterocycles. The first-order chi connectivity index (χ1) is 11.1. The van der Waals surface area contributed by atoms with Gasteiger partial charge in [-0.3, -0.25) is 9.36 Å². The normalized spacial score (nSPS) is 18.3. The summed E-state index contributed by atoms with van der Waals surface area (Å²) in [6.07, 6.45) is 5.11. The molecular weight excluding hydrogens is 288 g/mol. The molecule has 116 valence electrons. The number of hydrogen-bond donors (Lipinski definition) is 0. The predicted octanol–water partition coefficient (Wildman–Crippen LogP) is 2.95. The average Bonchev–Trinajstić information content (AvgIpc) is 2.58. The Hall–Kier alpha value is -2.87. The van der Waals surface area contributed by atoms with Gasteiger partial charge in [-0.2, -0.15) is 5.26 Å². The molecule has 2 heterocycles. The molecule has 0 N–H and O–H groups in total. The van der Waals surface area contributed by atoms with Crippen LogP contribution in [0, 0.1) is 11.3 Å². The topological polar surface area (TPSA) is 61.9 Å². The highest BCUT2D eigenvalue weighted by molar-refractivity contribution is 5.66. The lowest BCUT2D eigenvalue weighted by Gasteiger charge is -2.27. The number of aromatic nitrogens is 2. The molecule has 23 heavy (non-hydrogen) atoms. The van der Waals surface area contributed by atoms with Crippen LogP contribution in [-0.4, -0.2) is 16.6 Å². The fourth-order valence-electron chi connectivity index (χ4n) is 2.89. The van der Waals surface area contributed by atoms with Crippen molar-refractivity contribution >= 4 is 11.3 Å². The summed E-state index contributed by atoms with van der Waals surface area (Å²) in [7, 11) is 1.98. The van der Waals surface area contributed by atoms with Crippen LogP contribution in [0.25, 0.3) is 5.57 Å². The summed E-state index contributed by atoms with van der Waals surface area (Å²) < 4.78 is 1.65. The maximum Gasteiger partial charge on any atom is 0.271 e. The van der Waals surface area contributed by atoms with Crippen molar-refractivity contribution in [3.8, 4) is 6.07 Å². The summed E-state index contributed by atoms with van der Waals surface area (Å²) in [5.74, 6) is 0.663. The van der Waals surface area contributed by atoms with E-state index in [4.69, 9.17) is 5.26 Å². The van der Waals surface area contributed by atoms with E-state index in [-0.39, 0.29) is 17.2 Å². The maximum atomic E-state index is 12.4. The molecule has 5 heteroatoms. The van der Waals surface area contributed by atoms with Gasteiger partial charge >= 0.3 is 0 Å². The smallest absolute Gasteiger partial charge is 0.271 e. The van der Waals surface area contributed by atoms with E-state index in [1.54, 1.807) is 4.57 Å². The van der Waals surface area contributed by atoms with E-state index in [1.165, 1.54) is 6.20 Å². The van der Waals surface area contributed by atoms with Crippen LogP contribution >= 0.6 is 0 Å². The molecule has 1 aliphatic rings. The first kappa shape index (κ1) is 15.0. The van der Waals surface area contributed by atoms with E-state index in [9.17, 15) is 4.79 Å². The first-order valence-corrected chi connectivity index (χ1v) is 7.62. The molecule has 0 aliphatic carbocycles. The zero-order valence-electron chi connectivity index (χ0n) is 13.2. The minimum absolute atomic E-state index is 0.0532. The van der Waals surface area contributed by atoms with Crippen LogP contribution in [0.3, 0.4) is 0 Å². The first-order valence-electron chi connectivity index (χ1n) is 7.62. The van der Waals surface area contributed by atoms with Crippen molar-refractivity contribution < 1.29 is 0 Å². The van der Waals surface area contributed by atoms with Crippen molar-refractivity contribution in [1.29, 1.82) is 5.26 Å². The number of hydrogen-bond acceptors (Lipinski definition) is 4. The average molecular weight is 306 g/mol. The summed E-state index contributed by atoms with van der Waals surface area (Å²) >= 11 is 0. The quantitative estimate of drug-likeness (QED) is 0.856. The molecule has 1 aromatic carbocycles. The van der Waals surface area contributed by atoms with Gasteiger partial charge < -0.3 is 4.90 Å². The number of para-hydroxylation sites is 1. The lowest BCUT2D eigenvalue weighted by Crippen LogP contribution is -2.32. The predicted molar refractivity (Wildman–Crippen MR) is 90.0 cm³/mol. The van der Waals surface area contributed by atoms with Gasteiger partial charge in [-0.15, -0.1) is 0 Å². The molecule has 1 aliphatic heterocycles. The zero-order chi connectivity index (χ0) is 16.4. The Morgan fingerprint density at radius 1 is 1.39 bits per heavy atom. The molecule has 0 fully saturated rings. The van der Waals surface area contributed by atoms with Crippen molar-refractivity contribution in [1.82, 2.24) is 9.55 Å². The summed E-state index contributed by atoms with van der Waals surface area (Å²) in [5.41, 5.74) is 1.92. The number of allylic oxidation sites excluding steroid dienone is 1. The fourth-order valence-corrected chi connectivity index (χ4v) is 2.89. The van der Waals surface area contributed by atoms with Crippen molar-refractivity contribution in [2.45, 2.75) is 25.8 Å². The molecule has 5 nitrogen and oxygen atoms in total. The van der Waals surface area contributed by atoms with Gasteiger partial charge in [0, 0.05) is 30.5 Å². The number of fused-ring (bicyclic) bond motifs is 1. The third-order valence-electron chi connectivity index (χ3n) is 4.19. The fraction of sp³-hybridized carbons (Fsp3) is 0.278. The van der Waals surface area contributed by atoms with Gasteiger partial charge in [0.25, 0.3) is 5.56 Å². The van der Waals surface area contributed by atoms with Gasteiger partial charge in [-0.1, -0.05) is 18.2 Å². The molecule has 1 atom stereocenters. The molecule has 3 rings (SSSR count). The van der Waals surface area contributed by atoms with Gasteiger partial charge in [0.2, 0.25) is 0 Å². The zero-order valence-corrected chi connectivity index (χ0v) is 13.2. The Kier molecular flexibility index (Phi) is 3.98. The Labute approximate surface area is 135 Å². The van der Waals surface area contributed by atoms with Crippen LogP contribution in [0.5, 0.6) is 0 Å². The van der Waals surface area contributed by atoms with Crippen molar-refractivity contribution in [2.75, 3.05) is 11.9 Å². The minimum Gasteiger partial charge on any atom is -0.351 e. The second-order valence-corrected chi connectivity index (χ2v) is 5.77. The van der Waals surface area contributed by atoms with E-state index in [1.807, 2.05) is 61.5 Å². The molecule has 0 amide bonds. The van der Waals surface area contributed by atoms with Gasteiger partial charge in [-0.05, 0) is 31.9 Å². The van der Waals surface area contributed by atoms with Crippen molar-refractivity contribution in [3.63, 3.8) is 0 Å². The SMILES string of the molecule is CC1CC/C(=C\N(C)c2ccccc2)c2ncc(C#N)c(=O)n21. The number of rotatable bonds is 2. The van der Waals surface area contributed by atoms with Crippen molar-refractivity contribution in [3.05, 3.63) is 64.5 Å². The Morgan fingerprint density at radius 3 is 2.83 bits per heavy atom. The molecule has 1 unspecified atom stereocenters. The highest BCUT2D eigenvalue weighted by Crippen LogP contribution is 2.30. The standard InChI is InChI=1S/C18H18N4O/c1-13-8-9-14(12-21(2)16-6-4-3-5-7-16)17-20-11-15(10-19)18(23)22(13)17/h3-7,11-13H,8-9H2,1-2H3/b14-12+. The van der Waals surface area contributed by atoms with Crippen LogP contribution in [0.4, 0.5) is 5.69 Å². The summed E-state index contributed by atoms with van der Waals surface area (Å²) in [6, 6.07) is 12.0. The summed E-state index contributed by atoms with van der Waals surface area (Å²) in [4.78, 5) is 18.8. The van der Waals surface area contributed by atoms with E-state index in [2.05, 4.69) is 4.98 Å². The summed E-state index contributed by atoms with van der Waals surface area (Å²) in [5, 5.41) is 9.04. The molecule has 0 spiro atoms. The van der Waals surface area contributed by atoms with Crippen LogP contribution in [0.1, 0.15) is 37.2 Å². The van der Waals surface area contributed by atoms with Gasteiger partial charge in [0.1, 0.15) is 17.5 Å². The number of nitriles is 1. The number of benzene rings is 1. The lowest BCUT2D eigenvalue weighted by molar-refractivity contribution is 0.462. The van der Waals surface area contributed by atoms with Gasteiger partial charge in [0.05, 0.1) is 6.20 Å². The largest absolute Gasteiger partial charge is 0.351 e. The lowest BCUT2D eigenvalue weighted by atomic mass is 10.0. The van der Waals surface area contributed by atoms with E-state index >= 15 is 0 Å². The van der Waals surface area contributed by atoms with Crippen LogP contribution in [0.15, 0.2) is 47.5 Å². The van der Waals surface area contributed by atoms with Crippen LogP contribution < -0.4 is 10.5 Å². The van der Waals surface area contributed by atoms with Crippen LogP contribution in [-0.2, 0) is 0 Å². The van der Waals surface area contributed by atoms with Crippen LogP contribution in [0.2, 0.25) is 0 Å². The molecule has 1 aromatic heterocycles. The third-order valence-corrected chi connectivity index (χ3v) is 4.19. The van der Waals surface area contributed by atoms with Gasteiger partial charge in [0.15, 0.2) is 0 Å². The molecule has 0 saturated carbocycles. The second kappa shape index (κ2) is 6.09. The maximum absolute atomic E-state index is 12.4. The Balaban J connectivity index is 2.06. The van der Waals surface area contributed by atoms with Gasteiger partial charge in [-0.25, -0.2) is 4.98 Å². The highest BCUT2D eigenvalue weighted by Gasteiger charge is 2.23. The van der Waals surface area contributed by atoms with E-state index in [0.29, 0.717) is 5.82 Å². The van der Waals surface area contributed by atoms with E-state index in [0.717, 1.165) is 24.1 Å². The number of nitrogens with zero attached hydrogens (tertiary/aromatic N) is 4.